The highest BCUT2D eigenvalue weighted by Gasteiger charge is 2.14. The van der Waals surface area contributed by atoms with Gasteiger partial charge < -0.3 is 4.74 Å². The molecule has 0 bridgehead atoms. The average Bonchev–Trinajstić information content (AvgIpc) is 2.75. The fourth-order valence-corrected chi connectivity index (χ4v) is 2.02. The van der Waals surface area contributed by atoms with E-state index in [4.69, 9.17) is 0 Å². The number of methoxy groups -OCH3 is 1. The fraction of sp³-hybridized carbons (Fsp3) is 0.182. The Bertz CT molecular complexity index is 568. The van der Waals surface area contributed by atoms with Crippen molar-refractivity contribution < 1.29 is 13.9 Å². The van der Waals surface area contributed by atoms with Crippen LogP contribution in [0.2, 0.25) is 0 Å². The van der Waals surface area contributed by atoms with Gasteiger partial charge in [-0.3, -0.25) is 0 Å². The van der Waals surface area contributed by atoms with E-state index in [9.17, 15) is 9.18 Å². The number of aryl methyl sites for hydroxylation is 1. The zero-order valence-electron chi connectivity index (χ0n) is 9.23. The Kier molecular flexibility index (Phi) is 3.14. The van der Waals surface area contributed by atoms with Crippen LogP contribution < -0.4 is 0 Å². The van der Waals surface area contributed by atoms with E-state index >= 15 is 0 Å². The molecule has 0 radical (unpaired) electrons. The summed E-state index contributed by atoms with van der Waals surface area (Å²) in [5.74, 6) is -1.32. The fourth-order valence-electron chi connectivity index (χ4n) is 1.34. The van der Waals surface area contributed by atoms with Crippen molar-refractivity contribution in [2.24, 2.45) is 0 Å². The molecule has 0 N–H and O–H groups in total. The van der Waals surface area contributed by atoms with E-state index in [0.29, 0.717) is 10.6 Å². The van der Waals surface area contributed by atoms with Gasteiger partial charge in [0.2, 0.25) is 0 Å². The summed E-state index contributed by atoms with van der Waals surface area (Å²) in [5, 5.41) is 9.18. The molecule has 0 spiro atoms. The van der Waals surface area contributed by atoms with Crippen LogP contribution >= 0.6 is 11.3 Å². The maximum atomic E-state index is 13.6. The summed E-state index contributed by atoms with van der Waals surface area (Å²) in [6.45, 7) is 1.82. The molecule has 1 aromatic heterocycles. The molecule has 88 valence electrons. The summed E-state index contributed by atoms with van der Waals surface area (Å²) >= 11 is 1.36. The molecule has 0 aliphatic heterocycles. The molecule has 17 heavy (non-hydrogen) atoms. The van der Waals surface area contributed by atoms with Crippen molar-refractivity contribution in [2.75, 3.05) is 7.11 Å². The van der Waals surface area contributed by atoms with Crippen molar-refractivity contribution in [3.8, 4) is 10.6 Å². The Balaban J connectivity index is 2.40. The second kappa shape index (κ2) is 4.58. The van der Waals surface area contributed by atoms with E-state index in [0.717, 1.165) is 5.01 Å². The van der Waals surface area contributed by atoms with Crippen LogP contribution in [0.5, 0.6) is 0 Å². The number of esters is 1. The van der Waals surface area contributed by atoms with Crippen LogP contribution in [-0.2, 0) is 4.74 Å². The normalized spacial score (nSPS) is 10.3. The van der Waals surface area contributed by atoms with E-state index < -0.39 is 11.8 Å². The molecule has 1 aromatic carbocycles. The summed E-state index contributed by atoms with van der Waals surface area (Å²) in [6, 6.07) is 4.26. The topological polar surface area (TPSA) is 52.1 Å². The van der Waals surface area contributed by atoms with E-state index in [-0.39, 0.29) is 5.56 Å². The Morgan fingerprint density at radius 3 is 2.71 bits per heavy atom. The molecule has 4 nitrogen and oxygen atoms in total. The zero-order valence-corrected chi connectivity index (χ0v) is 10.0. The van der Waals surface area contributed by atoms with Gasteiger partial charge in [-0.1, -0.05) is 17.4 Å². The number of hydrogen-bond donors (Lipinski definition) is 0. The standard InChI is InChI=1S/C11H9FN2O2S/c1-6-13-14-10(17-6)7-3-4-8(9(12)5-7)11(15)16-2/h3-5H,1-2H3. The van der Waals surface area contributed by atoms with Gasteiger partial charge >= 0.3 is 5.97 Å². The Morgan fingerprint density at radius 1 is 1.41 bits per heavy atom. The first-order valence-corrected chi connectivity index (χ1v) is 5.62. The van der Waals surface area contributed by atoms with Gasteiger partial charge in [0.25, 0.3) is 0 Å². The highest BCUT2D eigenvalue weighted by atomic mass is 32.1. The van der Waals surface area contributed by atoms with Gasteiger partial charge in [0, 0.05) is 5.56 Å². The third-order valence-corrected chi connectivity index (χ3v) is 3.04. The molecule has 1 heterocycles. The third-order valence-electron chi connectivity index (χ3n) is 2.15. The van der Waals surface area contributed by atoms with Gasteiger partial charge in [-0.15, -0.1) is 10.2 Å². The van der Waals surface area contributed by atoms with Crippen molar-refractivity contribution >= 4 is 17.3 Å². The molecule has 0 fully saturated rings. The number of nitrogens with zero attached hydrogens (tertiary/aromatic N) is 2. The highest BCUT2D eigenvalue weighted by molar-refractivity contribution is 7.14. The van der Waals surface area contributed by atoms with Crippen molar-refractivity contribution in [2.45, 2.75) is 6.92 Å². The summed E-state index contributed by atoms with van der Waals surface area (Å²) < 4.78 is 18.1. The quantitative estimate of drug-likeness (QED) is 0.770. The largest absolute Gasteiger partial charge is 0.465 e. The van der Waals surface area contributed by atoms with Crippen molar-refractivity contribution in [3.63, 3.8) is 0 Å². The molecule has 0 atom stereocenters. The van der Waals surface area contributed by atoms with Gasteiger partial charge in [0.1, 0.15) is 15.8 Å². The lowest BCUT2D eigenvalue weighted by molar-refractivity contribution is 0.0595. The summed E-state index contributed by atoms with van der Waals surface area (Å²) in [7, 11) is 1.21. The van der Waals surface area contributed by atoms with Gasteiger partial charge in [0.15, 0.2) is 0 Å². The van der Waals surface area contributed by atoms with Crippen LogP contribution in [0.4, 0.5) is 4.39 Å². The van der Waals surface area contributed by atoms with Crippen LogP contribution in [0.15, 0.2) is 18.2 Å². The highest BCUT2D eigenvalue weighted by Crippen LogP contribution is 2.25. The first kappa shape index (κ1) is 11.7. The molecule has 0 aliphatic carbocycles. The SMILES string of the molecule is COC(=O)c1ccc(-c2nnc(C)s2)cc1F. The first-order chi connectivity index (χ1) is 8.11. The summed E-state index contributed by atoms with van der Waals surface area (Å²) in [6.07, 6.45) is 0. The number of benzene rings is 1. The van der Waals surface area contributed by atoms with Crippen LogP contribution in [0, 0.1) is 12.7 Å². The molecular weight excluding hydrogens is 243 g/mol. The molecule has 0 aliphatic rings. The molecule has 0 saturated carbocycles. The van der Waals surface area contributed by atoms with E-state index in [1.165, 1.54) is 30.6 Å². The smallest absolute Gasteiger partial charge is 0.340 e. The number of rotatable bonds is 2. The Labute approximate surface area is 101 Å². The number of ether oxygens (including phenoxy) is 1. The summed E-state index contributed by atoms with van der Waals surface area (Å²) in [4.78, 5) is 11.2. The summed E-state index contributed by atoms with van der Waals surface area (Å²) in [5.41, 5.74) is 0.512. The number of carbonyl (C=O) groups is 1. The molecule has 0 amide bonds. The second-order valence-corrected chi connectivity index (χ2v) is 4.49. The number of halogens is 1. The Morgan fingerprint density at radius 2 is 2.18 bits per heavy atom. The maximum Gasteiger partial charge on any atom is 0.340 e. The molecular formula is C11H9FN2O2S. The zero-order chi connectivity index (χ0) is 12.4. The minimum atomic E-state index is -0.692. The predicted molar refractivity (Wildman–Crippen MR) is 61.4 cm³/mol. The second-order valence-electron chi connectivity index (χ2n) is 3.31. The van der Waals surface area contributed by atoms with Gasteiger partial charge in [-0.05, 0) is 19.1 Å². The minimum Gasteiger partial charge on any atom is -0.465 e. The lowest BCUT2D eigenvalue weighted by Gasteiger charge is -2.02. The minimum absolute atomic E-state index is 0.0857. The number of aromatic nitrogens is 2. The van der Waals surface area contributed by atoms with Crippen molar-refractivity contribution in [3.05, 3.63) is 34.6 Å². The lowest BCUT2D eigenvalue weighted by Crippen LogP contribution is -2.04. The van der Waals surface area contributed by atoms with Crippen molar-refractivity contribution in [1.82, 2.24) is 10.2 Å². The molecule has 0 unspecified atom stereocenters. The Hall–Kier alpha value is -1.82. The molecule has 6 heteroatoms. The average molecular weight is 252 g/mol. The van der Waals surface area contributed by atoms with Crippen LogP contribution in [0.25, 0.3) is 10.6 Å². The first-order valence-electron chi connectivity index (χ1n) is 4.80. The van der Waals surface area contributed by atoms with E-state index in [2.05, 4.69) is 14.9 Å². The maximum absolute atomic E-state index is 13.6. The van der Waals surface area contributed by atoms with Gasteiger partial charge in [-0.2, -0.15) is 0 Å². The monoisotopic (exact) mass is 252 g/mol. The number of carbonyl (C=O) groups excluding carboxylic acids is 1. The van der Waals surface area contributed by atoms with Gasteiger partial charge in [0.05, 0.1) is 12.7 Å². The van der Waals surface area contributed by atoms with Crippen LogP contribution in [-0.4, -0.2) is 23.3 Å². The lowest BCUT2D eigenvalue weighted by atomic mass is 10.1. The predicted octanol–water partition coefficient (Wildman–Crippen LogP) is 2.44. The van der Waals surface area contributed by atoms with E-state index in [1.54, 1.807) is 6.07 Å². The van der Waals surface area contributed by atoms with Crippen molar-refractivity contribution in [1.29, 1.82) is 0 Å². The molecule has 0 saturated heterocycles. The van der Waals surface area contributed by atoms with E-state index in [1.807, 2.05) is 6.92 Å². The van der Waals surface area contributed by atoms with Gasteiger partial charge in [-0.25, -0.2) is 9.18 Å². The molecule has 2 rings (SSSR count). The van der Waals surface area contributed by atoms with Crippen LogP contribution in [0.1, 0.15) is 15.4 Å². The van der Waals surface area contributed by atoms with Crippen LogP contribution in [0.3, 0.4) is 0 Å². The third kappa shape index (κ3) is 2.31. The number of hydrogen-bond acceptors (Lipinski definition) is 5. The molecule has 2 aromatic rings.